The standard InChI is InChI=1S/C24H17ClFN7O2/c25-14-3-8-18-20(9-14)33-19(17(29-31-33)11-34-16-6-4-15(26)5-7-16)10-21-22(27-12-32(18)21)23-28-24(35-30-23)13-1-2-13/h3-9,12-13H,1-2,10-11H2. The van der Waals surface area contributed by atoms with Gasteiger partial charge in [-0.2, -0.15) is 4.98 Å². The highest BCUT2D eigenvalue weighted by Crippen LogP contribution is 2.40. The zero-order chi connectivity index (χ0) is 23.5. The number of hydrogen-bond acceptors (Lipinski definition) is 7. The first-order valence-corrected chi connectivity index (χ1v) is 11.5. The fourth-order valence-electron chi connectivity index (χ4n) is 4.29. The number of rotatable bonds is 5. The normalized spacial score (nSPS) is 14.2. The summed E-state index contributed by atoms with van der Waals surface area (Å²) < 4.78 is 28.4. The second kappa shape index (κ2) is 7.74. The summed E-state index contributed by atoms with van der Waals surface area (Å²) in [7, 11) is 0. The molecule has 0 amide bonds. The predicted octanol–water partition coefficient (Wildman–Crippen LogP) is 4.66. The van der Waals surface area contributed by atoms with E-state index in [1.165, 1.54) is 12.1 Å². The number of ether oxygens (including phenoxy) is 1. The Kier molecular flexibility index (Phi) is 4.50. The summed E-state index contributed by atoms with van der Waals surface area (Å²) in [6.07, 6.45) is 4.34. The van der Waals surface area contributed by atoms with Gasteiger partial charge in [0.2, 0.25) is 11.7 Å². The largest absolute Gasteiger partial charge is 0.487 e. The zero-order valence-electron chi connectivity index (χ0n) is 18.2. The smallest absolute Gasteiger partial charge is 0.230 e. The van der Waals surface area contributed by atoms with E-state index in [-0.39, 0.29) is 12.4 Å². The van der Waals surface area contributed by atoms with Gasteiger partial charge in [-0.1, -0.05) is 22.0 Å². The average Bonchev–Trinajstić information content (AvgIpc) is 3.30. The van der Waals surface area contributed by atoms with Gasteiger partial charge in [-0.05, 0) is 55.3 Å². The molecule has 3 aromatic heterocycles. The second-order valence-electron chi connectivity index (χ2n) is 8.59. The first-order valence-electron chi connectivity index (χ1n) is 11.2. The van der Waals surface area contributed by atoms with Gasteiger partial charge < -0.3 is 9.26 Å². The van der Waals surface area contributed by atoms with E-state index in [1.54, 1.807) is 23.1 Å². The first-order chi connectivity index (χ1) is 17.1. The molecule has 2 aliphatic rings. The van der Waals surface area contributed by atoms with Crippen LogP contribution >= 0.6 is 11.6 Å². The first kappa shape index (κ1) is 20.3. The zero-order valence-corrected chi connectivity index (χ0v) is 19.0. The molecular weight excluding hydrogens is 473 g/mol. The number of fused-ring (bicyclic) bond motifs is 5. The Bertz CT molecular complexity index is 1570. The topological polar surface area (TPSA) is 96.7 Å². The van der Waals surface area contributed by atoms with Gasteiger partial charge in [0.15, 0.2) is 0 Å². The lowest BCUT2D eigenvalue weighted by atomic mass is 10.1. The minimum absolute atomic E-state index is 0.161. The number of hydrogen-bond donors (Lipinski definition) is 0. The molecule has 0 saturated heterocycles. The van der Waals surface area contributed by atoms with Crippen molar-refractivity contribution in [1.82, 2.24) is 34.7 Å². The van der Waals surface area contributed by atoms with Crippen LogP contribution < -0.4 is 4.74 Å². The van der Waals surface area contributed by atoms with Crippen LogP contribution in [0.15, 0.2) is 53.3 Å². The van der Waals surface area contributed by atoms with Crippen LogP contribution in [0.2, 0.25) is 5.02 Å². The highest BCUT2D eigenvalue weighted by molar-refractivity contribution is 6.30. The van der Waals surface area contributed by atoms with Gasteiger partial charge in [-0.25, -0.2) is 14.1 Å². The van der Waals surface area contributed by atoms with Crippen molar-refractivity contribution in [2.75, 3.05) is 0 Å². The molecule has 2 aromatic carbocycles. The number of benzene rings is 2. The predicted molar refractivity (Wildman–Crippen MR) is 122 cm³/mol. The van der Waals surface area contributed by atoms with Gasteiger partial charge in [0.25, 0.3) is 0 Å². The summed E-state index contributed by atoms with van der Waals surface area (Å²) in [5.74, 6) is 1.68. The summed E-state index contributed by atoms with van der Waals surface area (Å²) in [6, 6.07) is 11.4. The third kappa shape index (κ3) is 3.48. The van der Waals surface area contributed by atoms with E-state index in [0.717, 1.165) is 35.6 Å². The van der Waals surface area contributed by atoms with Crippen LogP contribution in [-0.4, -0.2) is 34.7 Å². The lowest BCUT2D eigenvalue weighted by molar-refractivity contribution is 0.299. The molecule has 0 spiro atoms. The van der Waals surface area contributed by atoms with Gasteiger partial charge >= 0.3 is 0 Å². The third-order valence-corrected chi connectivity index (χ3v) is 6.47. The molecule has 35 heavy (non-hydrogen) atoms. The monoisotopic (exact) mass is 489 g/mol. The molecule has 0 radical (unpaired) electrons. The van der Waals surface area contributed by atoms with Crippen molar-refractivity contribution in [3.8, 4) is 28.6 Å². The van der Waals surface area contributed by atoms with Gasteiger partial charge in [0.1, 0.15) is 35.9 Å². The van der Waals surface area contributed by atoms with Crippen molar-refractivity contribution in [1.29, 1.82) is 0 Å². The molecule has 4 heterocycles. The maximum absolute atomic E-state index is 13.3. The van der Waals surface area contributed by atoms with Crippen LogP contribution in [0.25, 0.3) is 22.9 Å². The summed E-state index contributed by atoms with van der Waals surface area (Å²) in [5.41, 5.74) is 4.60. The fourth-order valence-corrected chi connectivity index (χ4v) is 4.46. The van der Waals surface area contributed by atoms with Crippen LogP contribution in [-0.2, 0) is 13.0 Å². The van der Waals surface area contributed by atoms with Gasteiger partial charge in [0.05, 0.1) is 22.8 Å². The molecule has 1 fully saturated rings. The Hall–Kier alpha value is -4.05. The molecule has 0 N–H and O–H groups in total. The van der Waals surface area contributed by atoms with E-state index in [2.05, 4.69) is 25.4 Å². The van der Waals surface area contributed by atoms with Crippen LogP contribution in [0, 0.1) is 5.82 Å². The minimum atomic E-state index is -0.324. The van der Waals surface area contributed by atoms with Gasteiger partial charge in [-0.3, -0.25) is 4.57 Å². The van der Waals surface area contributed by atoms with E-state index in [9.17, 15) is 4.39 Å². The lowest BCUT2D eigenvalue weighted by Gasteiger charge is -2.10. The molecule has 1 aliphatic heterocycles. The molecule has 0 unspecified atom stereocenters. The Labute approximate surface area is 203 Å². The number of aromatic nitrogens is 7. The van der Waals surface area contributed by atoms with Crippen LogP contribution in [0.1, 0.15) is 41.7 Å². The Morgan fingerprint density at radius 2 is 1.94 bits per heavy atom. The van der Waals surface area contributed by atoms with Crippen LogP contribution in [0.3, 0.4) is 0 Å². The van der Waals surface area contributed by atoms with Crippen molar-refractivity contribution >= 4 is 11.6 Å². The van der Waals surface area contributed by atoms with Crippen molar-refractivity contribution in [2.24, 2.45) is 0 Å². The van der Waals surface area contributed by atoms with Crippen molar-refractivity contribution in [2.45, 2.75) is 31.8 Å². The lowest BCUT2D eigenvalue weighted by Crippen LogP contribution is -2.05. The van der Waals surface area contributed by atoms with E-state index in [1.807, 2.05) is 22.8 Å². The highest BCUT2D eigenvalue weighted by Gasteiger charge is 2.32. The molecule has 1 saturated carbocycles. The second-order valence-corrected chi connectivity index (χ2v) is 9.02. The molecule has 174 valence electrons. The molecule has 11 heteroatoms. The van der Waals surface area contributed by atoms with E-state index in [0.29, 0.717) is 46.2 Å². The summed E-state index contributed by atoms with van der Waals surface area (Å²) >= 11 is 6.35. The Morgan fingerprint density at radius 3 is 2.77 bits per heavy atom. The SMILES string of the molecule is Fc1ccc(OCc2nnn3c2Cc2c(-c4noc(C5CC5)n4)ncn2-c2ccc(Cl)cc2-3)cc1. The molecular formula is C24H17ClFN7O2. The number of imidazole rings is 1. The third-order valence-electron chi connectivity index (χ3n) is 6.24. The summed E-state index contributed by atoms with van der Waals surface area (Å²) in [5, 5.41) is 13.6. The van der Waals surface area contributed by atoms with E-state index < -0.39 is 0 Å². The van der Waals surface area contributed by atoms with Crippen molar-refractivity contribution in [3.63, 3.8) is 0 Å². The Morgan fingerprint density at radius 1 is 1.09 bits per heavy atom. The van der Waals surface area contributed by atoms with Crippen LogP contribution in [0.4, 0.5) is 4.39 Å². The molecule has 1 aliphatic carbocycles. The maximum atomic E-state index is 13.3. The molecule has 5 aromatic rings. The molecule has 9 nitrogen and oxygen atoms in total. The maximum Gasteiger partial charge on any atom is 0.230 e. The average molecular weight is 490 g/mol. The van der Waals surface area contributed by atoms with Gasteiger partial charge in [0, 0.05) is 17.4 Å². The van der Waals surface area contributed by atoms with Crippen molar-refractivity contribution < 1.29 is 13.7 Å². The van der Waals surface area contributed by atoms with Gasteiger partial charge in [-0.15, -0.1) is 5.10 Å². The molecule has 7 rings (SSSR count). The number of nitrogens with zero attached hydrogens (tertiary/aromatic N) is 7. The van der Waals surface area contributed by atoms with E-state index >= 15 is 0 Å². The minimum Gasteiger partial charge on any atom is -0.487 e. The van der Waals surface area contributed by atoms with Crippen molar-refractivity contribution in [3.05, 3.63) is 82.6 Å². The highest BCUT2D eigenvalue weighted by atomic mass is 35.5. The Balaban J connectivity index is 1.32. The fraction of sp³-hybridized carbons (Fsp3) is 0.208. The summed E-state index contributed by atoms with van der Waals surface area (Å²) in [6.45, 7) is 0.161. The quantitative estimate of drug-likeness (QED) is 0.347. The van der Waals surface area contributed by atoms with Crippen LogP contribution in [0.5, 0.6) is 5.75 Å². The van der Waals surface area contributed by atoms with E-state index in [4.69, 9.17) is 20.9 Å². The summed E-state index contributed by atoms with van der Waals surface area (Å²) in [4.78, 5) is 9.25. The number of halogens is 2. The molecule has 0 bridgehead atoms. The molecule has 0 atom stereocenters.